The van der Waals surface area contributed by atoms with Crippen LogP contribution in [-0.4, -0.2) is 0 Å². The highest BCUT2D eigenvalue weighted by atomic mass is 35.5. The van der Waals surface area contributed by atoms with Crippen molar-refractivity contribution in [3.63, 3.8) is 0 Å². The second-order valence-corrected chi connectivity index (χ2v) is 3.51. The third kappa shape index (κ3) is 4.14. The Hall–Kier alpha value is -0.750. The monoisotopic (exact) mass is 194 g/mol. The molecule has 0 atom stereocenters. The lowest BCUT2D eigenvalue weighted by Gasteiger charge is -2.00. The third-order valence-electron chi connectivity index (χ3n) is 2.07. The largest absolute Gasteiger partial charge is 0.0930 e. The number of hydrogen-bond acceptors (Lipinski definition) is 0. The van der Waals surface area contributed by atoms with Crippen LogP contribution >= 0.6 is 11.6 Å². The molecule has 0 spiro atoms. The van der Waals surface area contributed by atoms with E-state index in [0.29, 0.717) is 0 Å². The van der Waals surface area contributed by atoms with Crippen molar-refractivity contribution in [3.05, 3.63) is 47.0 Å². The SMILES string of the molecule is C/C(=C\Cl)CCCc1ccccc1. The molecule has 0 heterocycles. The normalized spacial score (nSPS) is 11.7. The van der Waals surface area contributed by atoms with Crippen molar-refractivity contribution in [2.45, 2.75) is 26.2 Å². The summed E-state index contributed by atoms with van der Waals surface area (Å²) < 4.78 is 0. The molecule has 0 nitrogen and oxygen atoms in total. The molecule has 0 bridgehead atoms. The summed E-state index contributed by atoms with van der Waals surface area (Å²) in [6, 6.07) is 10.5. The molecule has 0 fully saturated rings. The highest BCUT2D eigenvalue weighted by Gasteiger charge is 1.92. The van der Waals surface area contributed by atoms with Gasteiger partial charge in [0.1, 0.15) is 0 Å². The van der Waals surface area contributed by atoms with Gasteiger partial charge in [0.05, 0.1) is 0 Å². The first-order valence-corrected chi connectivity index (χ1v) is 5.06. The molecule has 0 radical (unpaired) electrons. The summed E-state index contributed by atoms with van der Waals surface area (Å²) in [5, 5.41) is 0. The number of aryl methyl sites for hydroxylation is 1. The summed E-state index contributed by atoms with van der Waals surface area (Å²) >= 11 is 5.57. The molecule has 70 valence electrons. The van der Waals surface area contributed by atoms with Gasteiger partial charge in [-0.1, -0.05) is 47.5 Å². The van der Waals surface area contributed by atoms with Gasteiger partial charge in [0.2, 0.25) is 0 Å². The Kier molecular flexibility index (Phi) is 4.63. The Balaban J connectivity index is 2.28. The zero-order chi connectivity index (χ0) is 9.52. The average Bonchev–Trinajstić information content (AvgIpc) is 2.19. The van der Waals surface area contributed by atoms with Crippen LogP contribution in [0.1, 0.15) is 25.3 Å². The van der Waals surface area contributed by atoms with Crippen molar-refractivity contribution >= 4 is 11.6 Å². The third-order valence-corrected chi connectivity index (χ3v) is 2.44. The van der Waals surface area contributed by atoms with Crippen LogP contribution in [0.2, 0.25) is 0 Å². The van der Waals surface area contributed by atoms with E-state index in [2.05, 4.69) is 31.2 Å². The Labute approximate surface area is 85.2 Å². The fraction of sp³-hybridized carbons (Fsp3) is 0.333. The van der Waals surface area contributed by atoms with Crippen LogP contribution in [0.4, 0.5) is 0 Å². The van der Waals surface area contributed by atoms with E-state index in [1.54, 1.807) is 5.54 Å². The van der Waals surface area contributed by atoms with Crippen LogP contribution in [0.15, 0.2) is 41.4 Å². The van der Waals surface area contributed by atoms with Gasteiger partial charge in [-0.25, -0.2) is 0 Å². The van der Waals surface area contributed by atoms with E-state index in [1.807, 2.05) is 6.07 Å². The average molecular weight is 195 g/mol. The minimum Gasteiger partial charge on any atom is -0.0930 e. The van der Waals surface area contributed by atoms with Gasteiger partial charge in [0, 0.05) is 5.54 Å². The molecule has 13 heavy (non-hydrogen) atoms. The van der Waals surface area contributed by atoms with E-state index in [9.17, 15) is 0 Å². The lowest BCUT2D eigenvalue weighted by atomic mass is 10.1. The molecule has 1 heteroatoms. The molecule has 0 aliphatic carbocycles. The van der Waals surface area contributed by atoms with Crippen molar-refractivity contribution in [1.29, 1.82) is 0 Å². The van der Waals surface area contributed by atoms with Crippen molar-refractivity contribution < 1.29 is 0 Å². The van der Waals surface area contributed by atoms with E-state index in [4.69, 9.17) is 11.6 Å². The minimum absolute atomic E-state index is 1.10. The molecule has 0 saturated carbocycles. The molecule has 0 amide bonds. The summed E-state index contributed by atoms with van der Waals surface area (Å²) in [6.45, 7) is 2.07. The van der Waals surface area contributed by atoms with E-state index in [0.717, 1.165) is 12.8 Å². The van der Waals surface area contributed by atoms with Gasteiger partial charge in [0.25, 0.3) is 0 Å². The smallest absolute Gasteiger partial charge is 0.00316 e. The highest BCUT2D eigenvalue weighted by molar-refractivity contribution is 6.25. The van der Waals surface area contributed by atoms with E-state index >= 15 is 0 Å². The molecule has 1 rings (SSSR count). The first-order valence-electron chi connectivity index (χ1n) is 4.62. The van der Waals surface area contributed by atoms with Crippen LogP contribution in [0, 0.1) is 0 Å². The quantitative estimate of drug-likeness (QED) is 0.676. The Morgan fingerprint density at radius 3 is 2.62 bits per heavy atom. The summed E-state index contributed by atoms with van der Waals surface area (Å²) in [6.07, 6.45) is 3.42. The summed E-state index contributed by atoms with van der Waals surface area (Å²) in [5.74, 6) is 0. The predicted octanol–water partition coefficient (Wildman–Crippen LogP) is 4.15. The van der Waals surface area contributed by atoms with Crippen LogP contribution in [0.3, 0.4) is 0 Å². The van der Waals surface area contributed by atoms with E-state index in [1.165, 1.54) is 17.6 Å². The van der Waals surface area contributed by atoms with Gasteiger partial charge in [-0.3, -0.25) is 0 Å². The number of hydrogen-bond donors (Lipinski definition) is 0. The van der Waals surface area contributed by atoms with Crippen LogP contribution in [0.25, 0.3) is 0 Å². The fourth-order valence-electron chi connectivity index (χ4n) is 1.27. The second kappa shape index (κ2) is 5.82. The van der Waals surface area contributed by atoms with Gasteiger partial charge in [-0.2, -0.15) is 0 Å². The van der Waals surface area contributed by atoms with Crippen LogP contribution in [0.5, 0.6) is 0 Å². The molecule has 0 aromatic heterocycles. The maximum Gasteiger partial charge on any atom is 0.00316 e. The minimum atomic E-state index is 1.10. The van der Waals surface area contributed by atoms with Crippen molar-refractivity contribution in [3.8, 4) is 0 Å². The lowest BCUT2D eigenvalue weighted by Crippen LogP contribution is -1.85. The van der Waals surface area contributed by atoms with Gasteiger partial charge in [-0.05, 0) is 31.7 Å². The Morgan fingerprint density at radius 1 is 1.31 bits per heavy atom. The molecular formula is C12H15Cl. The van der Waals surface area contributed by atoms with E-state index in [-0.39, 0.29) is 0 Å². The molecule has 1 aromatic carbocycles. The number of halogens is 1. The Bertz CT molecular complexity index is 262. The maximum atomic E-state index is 5.57. The zero-order valence-electron chi connectivity index (χ0n) is 7.96. The highest BCUT2D eigenvalue weighted by Crippen LogP contribution is 2.09. The van der Waals surface area contributed by atoms with Gasteiger partial charge in [-0.15, -0.1) is 0 Å². The maximum absolute atomic E-state index is 5.57. The molecule has 0 aliphatic rings. The second-order valence-electron chi connectivity index (χ2n) is 3.29. The topological polar surface area (TPSA) is 0 Å². The van der Waals surface area contributed by atoms with Gasteiger partial charge >= 0.3 is 0 Å². The first kappa shape index (κ1) is 10.3. The van der Waals surface area contributed by atoms with E-state index < -0.39 is 0 Å². The summed E-state index contributed by atoms with van der Waals surface area (Å²) in [4.78, 5) is 0. The lowest BCUT2D eigenvalue weighted by molar-refractivity contribution is 0.813. The molecular weight excluding hydrogens is 180 g/mol. The predicted molar refractivity (Wildman–Crippen MR) is 59.0 cm³/mol. The summed E-state index contributed by atoms with van der Waals surface area (Å²) in [5.41, 5.74) is 4.34. The van der Waals surface area contributed by atoms with Crippen molar-refractivity contribution in [1.82, 2.24) is 0 Å². The molecule has 1 aromatic rings. The summed E-state index contributed by atoms with van der Waals surface area (Å²) in [7, 11) is 0. The zero-order valence-corrected chi connectivity index (χ0v) is 8.72. The number of allylic oxidation sites excluding steroid dienone is 1. The van der Waals surface area contributed by atoms with Gasteiger partial charge < -0.3 is 0 Å². The van der Waals surface area contributed by atoms with Crippen molar-refractivity contribution in [2.24, 2.45) is 0 Å². The van der Waals surface area contributed by atoms with Crippen LogP contribution in [-0.2, 0) is 6.42 Å². The van der Waals surface area contributed by atoms with Gasteiger partial charge in [0.15, 0.2) is 0 Å². The molecule has 0 N–H and O–H groups in total. The molecule has 0 unspecified atom stereocenters. The van der Waals surface area contributed by atoms with Crippen molar-refractivity contribution in [2.75, 3.05) is 0 Å². The number of rotatable bonds is 4. The fourth-order valence-corrected chi connectivity index (χ4v) is 1.38. The molecule has 0 aliphatic heterocycles. The van der Waals surface area contributed by atoms with Crippen LogP contribution < -0.4 is 0 Å². The standard InChI is InChI=1S/C12H15Cl/c1-11(10-13)6-5-9-12-7-3-2-4-8-12/h2-4,7-8,10H,5-6,9H2,1H3/b11-10+. The Morgan fingerprint density at radius 2 is 2.00 bits per heavy atom. The number of benzene rings is 1. The first-order chi connectivity index (χ1) is 6.33. The molecule has 0 saturated heterocycles.